The maximum absolute atomic E-state index is 11.8. The highest BCUT2D eigenvalue weighted by molar-refractivity contribution is 7.88. The van der Waals surface area contributed by atoms with Gasteiger partial charge < -0.3 is 5.32 Å². The van der Waals surface area contributed by atoms with Crippen molar-refractivity contribution in [1.29, 1.82) is 0 Å². The van der Waals surface area contributed by atoms with Crippen molar-refractivity contribution in [2.75, 3.05) is 19.3 Å². The number of nitro groups is 1. The molecule has 0 aromatic carbocycles. The molecule has 0 atom stereocenters. The zero-order valence-electron chi connectivity index (χ0n) is 11.0. The summed E-state index contributed by atoms with van der Waals surface area (Å²) in [4.78, 5) is 25.4. The van der Waals surface area contributed by atoms with E-state index < -0.39 is 26.5 Å². The van der Waals surface area contributed by atoms with Crippen molar-refractivity contribution in [2.45, 2.75) is 6.42 Å². The van der Waals surface area contributed by atoms with Crippen LogP contribution in [0.25, 0.3) is 0 Å². The van der Waals surface area contributed by atoms with Crippen molar-refractivity contribution in [3.05, 3.63) is 33.1 Å². The molecule has 1 amide bonds. The van der Waals surface area contributed by atoms with E-state index in [1.165, 1.54) is 0 Å². The molecule has 0 spiro atoms. The summed E-state index contributed by atoms with van der Waals surface area (Å²) < 4.78 is 23.9. The van der Waals surface area contributed by atoms with Crippen LogP contribution in [0.2, 0.25) is 5.15 Å². The molecule has 0 aliphatic carbocycles. The Bertz CT molecular complexity index is 649. The van der Waals surface area contributed by atoms with Crippen LogP contribution in [0.3, 0.4) is 0 Å². The van der Waals surface area contributed by atoms with Crippen molar-refractivity contribution >= 4 is 33.2 Å². The Labute approximate surface area is 125 Å². The minimum atomic E-state index is -3.28. The molecule has 0 radical (unpaired) electrons. The molecule has 0 saturated heterocycles. The highest BCUT2D eigenvalue weighted by Gasteiger charge is 2.21. The van der Waals surface area contributed by atoms with Gasteiger partial charge in [-0.05, 0) is 12.5 Å². The molecule has 21 heavy (non-hydrogen) atoms. The number of sulfonamides is 1. The van der Waals surface area contributed by atoms with Crippen molar-refractivity contribution in [3.63, 3.8) is 0 Å². The maximum atomic E-state index is 11.8. The van der Waals surface area contributed by atoms with E-state index in [4.69, 9.17) is 11.6 Å². The molecule has 1 rings (SSSR count). The number of hydrogen-bond acceptors (Lipinski definition) is 6. The molecule has 1 aromatic heterocycles. The van der Waals surface area contributed by atoms with E-state index in [0.717, 1.165) is 18.5 Å². The summed E-state index contributed by atoms with van der Waals surface area (Å²) in [7, 11) is -3.28. The SMILES string of the molecule is CS(=O)(=O)NCCCNC(=O)c1cc(Cl)ncc1[N+](=O)[O-]. The molecule has 0 saturated carbocycles. The van der Waals surface area contributed by atoms with Gasteiger partial charge in [0.2, 0.25) is 10.0 Å². The number of hydrogen-bond donors (Lipinski definition) is 2. The largest absolute Gasteiger partial charge is 0.352 e. The molecule has 116 valence electrons. The van der Waals surface area contributed by atoms with Crippen LogP contribution in [0.4, 0.5) is 5.69 Å². The topological polar surface area (TPSA) is 131 Å². The summed E-state index contributed by atoms with van der Waals surface area (Å²) in [5.74, 6) is -0.676. The molecular formula is C10H13ClN4O5S. The zero-order valence-corrected chi connectivity index (χ0v) is 12.6. The van der Waals surface area contributed by atoms with Gasteiger partial charge in [0.1, 0.15) is 16.9 Å². The summed E-state index contributed by atoms with van der Waals surface area (Å²) in [5.41, 5.74) is -0.651. The molecular weight excluding hydrogens is 324 g/mol. The first kappa shape index (κ1) is 17.3. The summed E-state index contributed by atoms with van der Waals surface area (Å²) in [6.45, 7) is 0.302. The summed E-state index contributed by atoms with van der Waals surface area (Å²) in [5, 5.41) is 13.2. The van der Waals surface area contributed by atoms with Crippen LogP contribution < -0.4 is 10.0 Å². The molecule has 0 unspecified atom stereocenters. The Morgan fingerprint density at radius 2 is 2.14 bits per heavy atom. The van der Waals surface area contributed by atoms with Crippen molar-refractivity contribution in [1.82, 2.24) is 15.0 Å². The zero-order chi connectivity index (χ0) is 16.0. The monoisotopic (exact) mass is 336 g/mol. The number of amides is 1. The average Bonchev–Trinajstić information content (AvgIpc) is 2.36. The fourth-order valence-corrected chi connectivity index (χ4v) is 2.07. The number of halogens is 1. The highest BCUT2D eigenvalue weighted by Crippen LogP contribution is 2.20. The second-order valence-electron chi connectivity index (χ2n) is 4.06. The number of aromatic nitrogens is 1. The predicted molar refractivity (Wildman–Crippen MR) is 75.7 cm³/mol. The van der Waals surface area contributed by atoms with Gasteiger partial charge >= 0.3 is 0 Å². The van der Waals surface area contributed by atoms with Gasteiger partial charge in [0.15, 0.2) is 0 Å². The van der Waals surface area contributed by atoms with Crippen LogP contribution in [0, 0.1) is 10.1 Å². The van der Waals surface area contributed by atoms with Gasteiger partial charge in [0.25, 0.3) is 11.6 Å². The summed E-state index contributed by atoms with van der Waals surface area (Å²) in [6.07, 6.45) is 2.27. The minimum absolute atomic E-state index is 0.0375. The van der Waals surface area contributed by atoms with Crippen molar-refractivity contribution in [2.24, 2.45) is 0 Å². The first-order valence-corrected chi connectivity index (χ1v) is 8.00. The van der Waals surface area contributed by atoms with Gasteiger partial charge in [0, 0.05) is 13.1 Å². The van der Waals surface area contributed by atoms with Crippen LogP contribution in [0.15, 0.2) is 12.3 Å². The van der Waals surface area contributed by atoms with Gasteiger partial charge in [-0.2, -0.15) is 0 Å². The molecule has 1 heterocycles. The maximum Gasteiger partial charge on any atom is 0.300 e. The summed E-state index contributed by atoms with van der Waals surface area (Å²) in [6, 6.07) is 1.10. The number of carbonyl (C=O) groups is 1. The highest BCUT2D eigenvalue weighted by atomic mass is 35.5. The smallest absolute Gasteiger partial charge is 0.300 e. The third kappa shape index (κ3) is 6.02. The van der Waals surface area contributed by atoms with E-state index >= 15 is 0 Å². The minimum Gasteiger partial charge on any atom is -0.352 e. The molecule has 11 heteroatoms. The second-order valence-corrected chi connectivity index (χ2v) is 6.28. The molecule has 0 aliphatic rings. The fraction of sp³-hybridized carbons (Fsp3) is 0.400. The average molecular weight is 337 g/mol. The third-order valence-corrected chi connectivity index (χ3v) is 3.23. The van der Waals surface area contributed by atoms with E-state index in [-0.39, 0.29) is 23.8 Å². The van der Waals surface area contributed by atoms with Crippen molar-refractivity contribution in [3.8, 4) is 0 Å². The van der Waals surface area contributed by atoms with Crippen LogP contribution in [0.5, 0.6) is 0 Å². The van der Waals surface area contributed by atoms with Gasteiger partial charge in [-0.1, -0.05) is 11.6 Å². The summed E-state index contributed by atoms with van der Waals surface area (Å²) >= 11 is 5.61. The lowest BCUT2D eigenvalue weighted by molar-refractivity contribution is -0.385. The Balaban J connectivity index is 2.60. The van der Waals surface area contributed by atoms with Gasteiger partial charge in [0.05, 0.1) is 11.2 Å². The first-order valence-electron chi connectivity index (χ1n) is 5.73. The number of carbonyl (C=O) groups excluding carboxylic acids is 1. The second kappa shape index (κ2) is 7.29. The van der Waals surface area contributed by atoms with E-state index in [2.05, 4.69) is 15.0 Å². The van der Waals surface area contributed by atoms with E-state index in [0.29, 0.717) is 6.42 Å². The fourth-order valence-electron chi connectivity index (χ4n) is 1.39. The van der Waals surface area contributed by atoms with E-state index in [1.54, 1.807) is 0 Å². The first-order chi connectivity index (χ1) is 9.70. The lowest BCUT2D eigenvalue weighted by Crippen LogP contribution is -2.29. The van der Waals surface area contributed by atoms with Crippen LogP contribution in [-0.4, -0.2) is 43.6 Å². The van der Waals surface area contributed by atoms with Gasteiger partial charge in [-0.3, -0.25) is 14.9 Å². The quantitative estimate of drug-likeness (QED) is 0.319. The molecule has 0 bridgehead atoms. The van der Waals surface area contributed by atoms with Gasteiger partial charge in [-0.15, -0.1) is 0 Å². The van der Waals surface area contributed by atoms with Crippen LogP contribution in [-0.2, 0) is 10.0 Å². The standard InChI is InChI=1S/C10H13ClN4O5S/c1-21(19,20)14-4-2-3-12-10(16)7-5-9(11)13-6-8(7)15(17)18/h5-6,14H,2-4H2,1H3,(H,12,16). The lowest BCUT2D eigenvalue weighted by Gasteiger charge is -2.06. The Morgan fingerprint density at radius 1 is 1.48 bits per heavy atom. The Morgan fingerprint density at radius 3 is 2.71 bits per heavy atom. The van der Waals surface area contributed by atoms with Crippen LogP contribution in [0.1, 0.15) is 16.8 Å². The molecule has 1 aromatic rings. The number of pyridine rings is 1. The molecule has 9 nitrogen and oxygen atoms in total. The molecule has 0 aliphatic heterocycles. The number of rotatable bonds is 7. The lowest BCUT2D eigenvalue weighted by atomic mass is 10.2. The molecule has 0 fully saturated rings. The van der Waals surface area contributed by atoms with E-state index in [9.17, 15) is 23.3 Å². The normalized spacial score (nSPS) is 11.1. The number of nitrogens with one attached hydrogen (secondary N) is 2. The van der Waals surface area contributed by atoms with Crippen LogP contribution >= 0.6 is 11.6 Å². The third-order valence-electron chi connectivity index (χ3n) is 2.29. The van der Waals surface area contributed by atoms with Gasteiger partial charge in [-0.25, -0.2) is 18.1 Å². The predicted octanol–water partition coefficient (Wildman–Crippen LogP) is 0.312. The van der Waals surface area contributed by atoms with E-state index in [1.807, 2.05) is 0 Å². The Kier molecular flexibility index (Phi) is 6.00. The van der Waals surface area contributed by atoms with Crippen molar-refractivity contribution < 1.29 is 18.1 Å². The number of nitrogens with zero attached hydrogens (tertiary/aromatic N) is 2. The molecule has 2 N–H and O–H groups in total. The Hall–Kier alpha value is -1.78.